The Morgan fingerprint density at radius 3 is 2.31 bits per heavy atom. The third-order valence-electron chi connectivity index (χ3n) is 4.53. The van der Waals surface area contributed by atoms with Gasteiger partial charge in [0.15, 0.2) is 14.4 Å². The van der Waals surface area contributed by atoms with Crippen LogP contribution < -0.4 is 4.72 Å². The molecule has 0 saturated heterocycles. The number of nitrogens with one attached hydrogen (secondary N) is 1. The van der Waals surface area contributed by atoms with E-state index < -0.39 is 29.3 Å². The number of hydrogen-bond acceptors (Lipinski definition) is 6. The van der Waals surface area contributed by atoms with E-state index in [9.17, 15) is 22.1 Å². The molecule has 1 fully saturated rings. The van der Waals surface area contributed by atoms with Gasteiger partial charge < -0.3 is 0 Å². The van der Waals surface area contributed by atoms with E-state index in [0.29, 0.717) is 12.8 Å². The van der Waals surface area contributed by atoms with Crippen LogP contribution >= 0.6 is 0 Å². The highest BCUT2D eigenvalue weighted by Crippen LogP contribution is 2.28. The van der Waals surface area contributed by atoms with Crippen molar-refractivity contribution in [2.45, 2.75) is 61.0 Å². The number of nitrogens with zero attached hydrogens (tertiary/aromatic N) is 2. The molecule has 0 bridgehead atoms. The fourth-order valence-electron chi connectivity index (χ4n) is 3.25. The van der Waals surface area contributed by atoms with Crippen LogP contribution in [0.2, 0.25) is 0 Å². The Morgan fingerprint density at radius 1 is 1.12 bits per heavy atom. The predicted octanol–water partition coefficient (Wildman–Crippen LogP) is 2.19. The molecule has 0 heterocycles. The van der Waals surface area contributed by atoms with Gasteiger partial charge in [-0.15, -0.1) is 0 Å². The summed E-state index contributed by atoms with van der Waals surface area (Å²) in [7, 11) is -8.51. The minimum atomic E-state index is -4.36. The number of sulfonamides is 1. The molecule has 2 rings (SSSR count). The van der Waals surface area contributed by atoms with Crippen molar-refractivity contribution in [2.24, 2.45) is 0 Å². The van der Waals surface area contributed by atoms with Crippen molar-refractivity contribution >= 4 is 19.9 Å². The lowest BCUT2D eigenvalue weighted by atomic mass is 9.96. The molecular formula is C17H21N3O4S2. The van der Waals surface area contributed by atoms with Gasteiger partial charge in [-0.3, -0.25) is 0 Å². The lowest BCUT2D eigenvalue weighted by Crippen LogP contribution is -2.44. The van der Waals surface area contributed by atoms with E-state index >= 15 is 0 Å². The van der Waals surface area contributed by atoms with E-state index in [1.165, 1.54) is 25.1 Å². The molecule has 0 amide bonds. The lowest BCUT2D eigenvalue weighted by Gasteiger charge is -2.25. The summed E-state index contributed by atoms with van der Waals surface area (Å²) in [6.45, 7) is 1.47. The zero-order valence-corrected chi connectivity index (χ0v) is 16.1. The first kappa shape index (κ1) is 20.4. The van der Waals surface area contributed by atoms with Crippen LogP contribution in [0.25, 0.3) is 0 Å². The minimum Gasteiger partial charge on any atom is -0.222 e. The summed E-state index contributed by atoms with van der Waals surface area (Å²) in [5.74, 6) is 0. The molecule has 1 aliphatic rings. The van der Waals surface area contributed by atoms with Gasteiger partial charge in [-0.2, -0.15) is 10.5 Å². The Balaban J connectivity index is 2.46. The first-order valence-corrected chi connectivity index (χ1v) is 11.6. The highest BCUT2D eigenvalue weighted by atomic mass is 32.3. The van der Waals surface area contributed by atoms with Gasteiger partial charge >= 0.3 is 0 Å². The van der Waals surface area contributed by atoms with Crippen molar-refractivity contribution in [1.82, 2.24) is 4.72 Å². The van der Waals surface area contributed by atoms with Gasteiger partial charge in [-0.25, -0.2) is 21.6 Å². The summed E-state index contributed by atoms with van der Waals surface area (Å²) >= 11 is 0. The summed E-state index contributed by atoms with van der Waals surface area (Å²) in [5, 5.41) is 18.4. The standard InChI is InChI=1S/C17H21N3O4S2/c1-2-17(26(23,24)20-14-8-4-3-5-9-14)25(21,22)16-10-6-7-13(11-18)15(16)12-19/h6-7,10,14,17,20H,2-5,8-9H2,1H3. The molecule has 1 aliphatic carbocycles. The monoisotopic (exact) mass is 395 g/mol. The fraction of sp³-hybridized carbons (Fsp3) is 0.529. The third kappa shape index (κ3) is 4.07. The number of hydrogen-bond donors (Lipinski definition) is 1. The van der Waals surface area contributed by atoms with Crippen LogP contribution in [0.3, 0.4) is 0 Å². The van der Waals surface area contributed by atoms with E-state index in [4.69, 9.17) is 5.26 Å². The van der Waals surface area contributed by atoms with Crippen LogP contribution in [0.1, 0.15) is 56.6 Å². The molecule has 1 atom stereocenters. The summed E-state index contributed by atoms with van der Waals surface area (Å²) < 4.78 is 52.4. The second-order valence-electron chi connectivity index (χ2n) is 6.28. The summed E-state index contributed by atoms with van der Waals surface area (Å²) in [5.41, 5.74) is -0.414. The first-order valence-electron chi connectivity index (χ1n) is 8.46. The number of nitriles is 2. The van der Waals surface area contributed by atoms with Crippen LogP contribution in [0.15, 0.2) is 23.1 Å². The molecule has 7 nitrogen and oxygen atoms in total. The van der Waals surface area contributed by atoms with E-state index in [1.807, 2.05) is 0 Å². The highest BCUT2D eigenvalue weighted by molar-refractivity contribution is 8.08. The van der Waals surface area contributed by atoms with Gasteiger partial charge in [0.05, 0.1) is 16.0 Å². The van der Waals surface area contributed by atoms with Crippen LogP contribution in [-0.2, 0) is 19.9 Å². The summed E-state index contributed by atoms with van der Waals surface area (Å²) in [4.78, 5) is -0.417. The molecule has 0 aliphatic heterocycles. The van der Waals surface area contributed by atoms with Gasteiger partial charge in [-0.05, 0) is 31.4 Å². The maximum atomic E-state index is 13.0. The summed E-state index contributed by atoms with van der Waals surface area (Å²) in [6, 6.07) is 7.05. The maximum Gasteiger partial charge on any atom is 0.229 e. The normalized spacial score (nSPS) is 17.2. The van der Waals surface area contributed by atoms with Crippen molar-refractivity contribution in [1.29, 1.82) is 10.5 Å². The largest absolute Gasteiger partial charge is 0.229 e. The van der Waals surface area contributed by atoms with Crippen LogP contribution in [0.5, 0.6) is 0 Å². The number of sulfone groups is 1. The molecule has 9 heteroatoms. The van der Waals surface area contributed by atoms with Crippen LogP contribution in [-0.4, -0.2) is 27.5 Å². The Morgan fingerprint density at radius 2 is 1.77 bits per heavy atom. The van der Waals surface area contributed by atoms with Crippen molar-refractivity contribution in [3.05, 3.63) is 29.3 Å². The second-order valence-corrected chi connectivity index (χ2v) is 10.6. The number of rotatable bonds is 6. The zero-order chi connectivity index (χ0) is 19.4. The van der Waals surface area contributed by atoms with Crippen LogP contribution in [0, 0.1) is 22.7 Å². The van der Waals surface area contributed by atoms with Gasteiger partial charge in [0.1, 0.15) is 12.1 Å². The van der Waals surface area contributed by atoms with Gasteiger partial charge in [0.25, 0.3) is 0 Å². The molecule has 140 valence electrons. The lowest BCUT2D eigenvalue weighted by molar-refractivity contribution is 0.411. The molecule has 0 radical (unpaired) electrons. The molecule has 26 heavy (non-hydrogen) atoms. The van der Waals surface area contributed by atoms with Crippen LogP contribution in [0.4, 0.5) is 0 Å². The topological polar surface area (TPSA) is 128 Å². The average Bonchev–Trinajstić information content (AvgIpc) is 2.61. The third-order valence-corrected chi connectivity index (χ3v) is 9.71. The first-order chi connectivity index (χ1) is 12.3. The highest BCUT2D eigenvalue weighted by Gasteiger charge is 2.40. The van der Waals surface area contributed by atoms with Crippen molar-refractivity contribution < 1.29 is 16.8 Å². The molecule has 1 unspecified atom stereocenters. The summed E-state index contributed by atoms with van der Waals surface area (Å²) in [6.07, 6.45) is 4.05. The average molecular weight is 396 g/mol. The molecule has 0 aromatic heterocycles. The second kappa shape index (κ2) is 8.17. The quantitative estimate of drug-likeness (QED) is 0.786. The smallest absolute Gasteiger partial charge is 0.222 e. The van der Waals surface area contributed by atoms with Crippen molar-refractivity contribution in [3.63, 3.8) is 0 Å². The van der Waals surface area contributed by atoms with Crippen molar-refractivity contribution in [2.75, 3.05) is 0 Å². The Hall–Kier alpha value is -1.94. The van der Waals surface area contributed by atoms with Gasteiger partial charge in [0.2, 0.25) is 10.0 Å². The van der Waals surface area contributed by atoms with Crippen molar-refractivity contribution in [3.8, 4) is 12.1 Å². The number of benzene rings is 1. The van der Waals surface area contributed by atoms with E-state index in [0.717, 1.165) is 19.3 Å². The molecule has 1 saturated carbocycles. The fourth-order valence-corrected chi connectivity index (χ4v) is 7.79. The maximum absolute atomic E-state index is 13.0. The Kier molecular flexibility index (Phi) is 6.40. The van der Waals surface area contributed by atoms with E-state index in [-0.39, 0.29) is 23.6 Å². The Labute approximate surface area is 154 Å². The predicted molar refractivity (Wildman–Crippen MR) is 96.1 cm³/mol. The Bertz CT molecular complexity index is 951. The van der Waals surface area contributed by atoms with Gasteiger partial charge in [0, 0.05) is 6.04 Å². The minimum absolute atomic E-state index is 0.0962. The zero-order valence-electron chi connectivity index (χ0n) is 14.5. The van der Waals surface area contributed by atoms with E-state index in [2.05, 4.69) is 4.72 Å². The van der Waals surface area contributed by atoms with Gasteiger partial charge in [-0.1, -0.05) is 32.3 Å². The molecule has 1 aromatic carbocycles. The molecule has 1 aromatic rings. The molecule has 0 spiro atoms. The molecular weight excluding hydrogens is 374 g/mol. The van der Waals surface area contributed by atoms with E-state index in [1.54, 1.807) is 12.1 Å². The molecule has 1 N–H and O–H groups in total. The SMILES string of the molecule is CCC(S(=O)(=O)NC1CCCCC1)S(=O)(=O)c1cccc(C#N)c1C#N.